The molecule has 5 heteroatoms. The third kappa shape index (κ3) is 3.24. The first-order valence-corrected chi connectivity index (χ1v) is 7.43. The molecule has 0 saturated carbocycles. The zero-order valence-electron chi connectivity index (χ0n) is 12.1. The van der Waals surface area contributed by atoms with Crippen molar-refractivity contribution in [3.8, 4) is 0 Å². The molecule has 2 aromatic rings. The second kappa shape index (κ2) is 6.72. The Balaban J connectivity index is 2.49. The highest BCUT2D eigenvalue weighted by atomic mass is 79.9. The summed E-state index contributed by atoms with van der Waals surface area (Å²) in [6.45, 7) is 5.94. The molecule has 1 aromatic heterocycles. The van der Waals surface area contributed by atoms with E-state index < -0.39 is 0 Å². The highest BCUT2D eigenvalue weighted by Crippen LogP contribution is 2.26. The highest BCUT2D eigenvalue weighted by molar-refractivity contribution is 9.10. The molecule has 2 rings (SSSR count). The molecule has 1 heterocycles. The summed E-state index contributed by atoms with van der Waals surface area (Å²) >= 11 is 3.37. The highest BCUT2D eigenvalue weighted by Gasteiger charge is 2.24. The SMILES string of the molecule is C/C=C(/OCC)c1noc(C)c1C(=O)c1cccc(Br)c1. The number of allylic oxidation sites excluding steroid dienone is 1. The van der Waals surface area contributed by atoms with Crippen LogP contribution in [-0.4, -0.2) is 17.5 Å². The van der Waals surface area contributed by atoms with Gasteiger partial charge in [0.2, 0.25) is 0 Å². The third-order valence-electron chi connectivity index (χ3n) is 2.97. The summed E-state index contributed by atoms with van der Waals surface area (Å²) in [4.78, 5) is 12.7. The molecule has 0 amide bonds. The number of rotatable bonds is 5. The fourth-order valence-electron chi connectivity index (χ4n) is 2.03. The van der Waals surface area contributed by atoms with Crippen molar-refractivity contribution in [2.45, 2.75) is 20.8 Å². The Morgan fingerprint density at radius 1 is 1.48 bits per heavy atom. The van der Waals surface area contributed by atoms with Gasteiger partial charge in [0.05, 0.1) is 12.2 Å². The summed E-state index contributed by atoms with van der Waals surface area (Å²) in [5.41, 5.74) is 1.46. The molecule has 0 unspecified atom stereocenters. The Bertz CT molecular complexity index is 689. The van der Waals surface area contributed by atoms with Crippen LogP contribution in [0.15, 0.2) is 39.3 Å². The third-order valence-corrected chi connectivity index (χ3v) is 3.47. The predicted octanol–water partition coefficient (Wildman–Crippen LogP) is 4.37. The minimum atomic E-state index is -0.135. The van der Waals surface area contributed by atoms with Gasteiger partial charge in [0.1, 0.15) is 11.5 Å². The quantitative estimate of drug-likeness (QED) is 0.593. The van der Waals surface area contributed by atoms with Crippen LogP contribution in [0.5, 0.6) is 0 Å². The van der Waals surface area contributed by atoms with Crippen molar-refractivity contribution in [1.29, 1.82) is 0 Å². The number of benzene rings is 1. The second-order valence-electron chi connectivity index (χ2n) is 4.39. The van der Waals surface area contributed by atoms with Crippen molar-refractivity contribution in [1.82, 2.24) is 5.16 Å². The molecule has 0 aliphatic carbocycles. The average molecular weight is 350 g/mol. The second-order valence-corrected chi connectivity index (χ2v) is 5.30. The van der Waals surface area contributed by atoms with Crippen LogP contribution in [0.25, 0.3) is 5.76 Å². The Morgan fingerprint density at radius 2 is 2.24 bits per heavy atom. The number of halogens is 1. The largest absolute Gasteiger partial charge is 0.492 e. The molecule has 0 aliphatic rings. The Morgan fingerprint density at radius 3 is 2.86 bits per heavy atom. The van der Waals surface area contributed by atoms with Gasteiger partial charge in [-0.2, -0.15) is 0 Å². The number of nitrogens with zero attached hydrogens (tertiary/aromatic N) is 1. The number of aryl methyl sites for hydroxylation is 1. The van der Waals surface area contributed by atoms with E-state index in [1.807, 2.05) is 26.0 Å². The summed E-state index contributed by atoms with van der Waals surface area (Å²) in [5, 5.41) is 3.97. The van der Waals surface area contributed by atoms with Gasteiger partial charge < -0.3 is 9.26 Å². The fourth-order valence-corrected chi connectivity index (χ4v) is 2.42. The molecule has 0 spiro atoms. The van der Waals surface area contributed by atoms with Crippen LogP contribution in [0.1, 0.15) is 41.2 Å². The van der Waals surface area contributed by atoms with Gasteiger partial charge in [0.15, 0.2) is 11.5 Å². The van der Waals surface area contributed by atoms with Crippen LogP contribution in [0.3, 0.4) is 0 Å². The van der Waals surface area contributed by atoms with Gasteiger partial charge in [-0.15, -0.1) is 0 Å². The summed E-state index contributed by atoms with van der Waals surface area (Å²) < 4.78 is 11.6. The molecule has 0 saturated heterocycles. The van der Waals surface area contributed by atoms with E-state index in [9.17, 15) is 4.79 Å². The molecular weight excluding hydrogens is 334 g/mol. The van der Waals surface area contributed by atoms with E-state index in [0.29, 0.717) is 34.9 Å². The maximum atomic E-state index is 12.7. The van der Waals surface area contributed by atoms with Gasteiger partial charge in [0, 0.05) is 10.0 Å². The smallest absolute Gasteiger partial charge is 0.199 e. The number of ether oxygens (including phenoxy) is 1. The number of hydrogen-bond acceptors (Lipinski definition) is 4. The van der Waals surface area contributed by atoms with Crippen LogP contribution in [0, 0.1) is 6.92 Å². The minimum absolute atomic E-state index is 0.135. The number of ketones is 1. The van der Waals surface area contributed by atoms with Gasteiger partial charge >= 0.3 is 0 Å². The van der Waals surface area contributed by atoms with Crippen molar-refractivity contribution >= 4 is 27.5 Å². The Kier molecular flexibility index (Phi) is 4.96. The maximum absolute atomic E-state index is 12.7. The summed E-state index contributed by atoms with van der Waals surface area (Å²) in [5.74, 6) is 0.894. The molecule has 4 nitrogen and oxygen atoms in total. The van der Waals surface area contributed by atoms with E-state index >= 15 is 0 Å². The normalized spacial score (nSPS) is 11.5. The lowest BCUT2D eigenvalue weighted by atomic mass is 10.0. The monoisotopic (exact) mass is 349 g/mol. The van der Waals surface area contributed by atoms with Crippen molar-refractivity contribution in [2.75, 3.05) is 6.61 Å². The minimum Gasteiger partial charge on any atom is -0.492 e. The molecule has 1 aromatic carbocycles. The summed E-state index contributed by atoms with van der Waals surface area (Å²) in [7, 11) is 0. The van der Waals surface area contributed by atoms with E-state index in [0.717, 1.165) is 4.47 Å². The van der Waals surface area contributed by atoms with Gasteiger partial charge in [-0.05, 0) is 39.0 Å². The molecule has 0 N–H and O–H groups in total. The molecular formula is C16H16BrNO3. The van der Waals surface area contributed by atoms with Gasteiger partial charge in [-0.3, -0.25) is 4.79 Å². The lowest BCUT2D eigenvalue weighted by Gasteiger charge is -2.07. The zero-order valence-corrected chi connectivity index (χ0v) is 13.7. The zero-order chi connectivity index (χ0) is 15.4. The van der Waals surface area contributed by atoms with Crippen molar-refractivity contribution in [2.24, 2.45) is 0 Å². The maximum Gasteiger partial charge on any atom is 0.199 e. The van der Waals surface area contributed by atoms with Crippen molar-refractivity contribution in [3.63, 3.8) is 0 Å². The van der Waals surface area contributed by atoms with Gasteiger partial charge in [-0.25, -0.2) is 0 Å². The number of hydrogen-bond donors (Lipinski definition) is 0. The molecule has 0 radical (unpaired) electrons. The first-order chi connectivity index (χ1) is 10.1. The van der Waals surface area contributed by atoms with E-state index in [2.05, 4.69) is 21.1 Å². The van der Waals surface area contributed by atoms with Crippen LogP contribution >= 0.6 is 15.9 Å². The van der Waals surface area contributed by atoms with E-state index in [-0.39, 0.29) is 5.78 Å². The van der Waals surface area contributed by atoms with Crippen LogP contribution in [-0.2, 0) is 4.74 Å². The van der Waals surface area contributed by atoms with E-state index in [1.54, 1.807) is 25.1 Å². The molecule has 0 aliphatic heterocycles. The predicted molar refractivity (Wildman–Crippen MR) is 84.1 cm³/mol. The van der Waals surface area contributed by atoms with Crippen molar-refractivity contribution in [3.05, 3.63) is 57.4 Å². The molecule has 0 bridgehead atoms. The van der Waals surface area contributed by atoms with E-state index in [1.165, 1.54) is 0 Å². The summed E-state index contributed by atoms with van der Waals surface area (Å²) in [6, 6.07) is 7.22. The number of carbonyl (C=O) groups is 1. The van der Waals surface area contributed by atoms with Crippen LogP contribution in [0.4, 0.5) is 0 Å². The Labute approximate surface area is 131 Å². The molecule has 0 atom stereocenters. The van der Waals surface area contributed by atoms with Crippen LogP contribution in [0.2, 0.25) is 0 Å². The topological polar surface area (TPSA) is 52.3 Å². The van der Waals surface area contributed by atoms with Crippen LogP contribution < -0.4 is 0 Å². The van der Waals surface area contributed by atoms with Gasteiger partial charge in [-0.1, -0.05) is 33.2 Å². The number of carbonyl (C=O) groups excluding carboxylic acids is 1. The lowest BCUT2D eigenvalue weighted by molar-refractivity contribution is 0.103. The van der Waals surface area contributed by atoms with Gasteiger partial charge in [0.25, 0.3) is 0 Å². The molecule has 21 heavy (non-hydrogen) atoms. The average Bonchev–Trinajstić information content (AvgIpc) is 2.85. The first-order valence-electron chi connectivity index (χ1n) is 6.64. The standard InChI is InChI=1S/C16H16BrNO3/c1-4-13(20-5-2)15-14(10(3)21-18-15)16(19)11-7-6-8-12(17)9-11/h4,6-9H,5H2,1-3H3/b13-4+. The first kappa shape index (κ1) is 15.5. The summed E-state index contributed by atoms with van der Waals surface area (Å²) in [6.07, 6.45) is 1.78. The Hall–Kier alpha value is -1.88. The van der Waals surface area contributed by atoms with E-state index in [4.69, 9.17) is 9.26 Å². The molecule has 110 valence electrons. The lowest BCUT2D eigenvalue weighted by Crippen LogP contribution is -2.06. The number of aromatic nitrogens is 1. The fraction of sp³-hybridized carbons (Fsp3) is 0.250. The molecule has 0 fully saturated rings. The van der Waals surface area contributed by atoms with Crippen molar-refractivity contribution < 1.29 is 14.1 Å².